The highest BCUT2D eigenvalue weighted by molar-refractivity contribution is 5.98. The third-order valence-corrected chi connectivity index (χ3v) is 5.75. The zero-order valence-electron chi connectivity index (χ0n) is 17.6. The Morgan fingerprint density at radius 1 is 1.07 bits per heavy atom. The van der Waals surface area contributed by atoms with Crippen LogP contribution >= 0.6 is 0 Å². The van der Waals surface area contributed by atoms with Crippen molar-refractivity contribution in [3.8, 4) is 0 Å². The van der Waals surface area contributed by atoms with Crippen molar-refractivity contribution in [1.82, 2.24) is 10.2 Å². The van der Waals surface area contributed by atoms with Gasteiger partial charge in [-0.1, -0.05) is 0 Å². The summed E-state index contributed by atoms with van der Waals surface area (Å²) in [6.07, 6.45) is 4.37. The summed E-state index contributed by atoms with van der Waals surface area (Å²) in [5.74, 6) is -1.21. The lowest BCUT2D eigenvalue weighted by Crippen LogP contribution is -2.49. The van der Waals surface area contributed by atoms with Gasteiger partial charge in [-0.05, 0) is 63.8 Å². The second-order valence-corrected chi connectivity index (χ2v) is 7.97. The molecule has 2 saturated heterocycles. The molecule has 2 heterocycles. The van der Waals surface area contributed by atoms with Gasteiger partial charge in [0.1, 0.15) is 6.54 Å². The molecule has 8 nitrogen and oxygen atoms in total. The van der Waals surface area contributed by atoms with Crippen molar-refractivity contribution in [2.24, 2.45) is 0 Å². The number of hydrogen-bond acceptors (Lipinski definition) is 5. The third-order valence-electron chi connectivity index (χ3n) is 5.75. The van der Waals surface area contributed by atoms with Gasteiger partial charge in [0.05, 0.1) is 0 Å². The van der Waals surface area contributed by atoms with E-state index in [4.69, 9.17) is 4.74 Å². The van der Waals surface area contributed by atoms with Crippen LogP contribution < -0.4 is 10.2 Å². The predicted molar refractivity (Wildman–Crippen MR) is 111 cm³/mol. The molecule has 0 bridgehead atoms. The van der Waals surface area contributed by atoms with E-state index in [2.05, 4.69) is 5.32 Å². The minimum atomic E-state index is -0.659. The number of carbonyl (C=O) groups excluding carboxylic acids is 4. The first-order chi connectivity index (χ1) is 14.4. The summed E-state index contributed by atoms with van der Waals surface area (Å²) < 4.78 is 5.05. The largest absolute Gasteiger partial charge is 0.454 e. The Balaban J connectivity index is 1.43. The maximum atomic E-state index is 12.4. The van der Waals surface area contributed by atoms with Gasteiger partial charge >= 0.3 is 5.97 Å². The average Bonchev–Trinajstić information content (AvgIpc) is 3.16. The van der Waals surface area contributed by atoms with Crippen LogP contribution in [0.15, 0.2) is 24.3 Å². The van der Waals surface area contributed by atoms with Crippen LogP contribution in [0.25, 0.3) is 0 Å². The highest BCUT2D eigenvalue weighted by Crippen LogP contribution is 2.23. The Morgan fingerprint density at radius 3 is 2.33 bits per heavy atom. The van der Waals surface area contributed by atoms with Gasteiger partial charge in [0.2, 0.25) is 5.91 Å². The zero-order chi connectivity index (χ0) is 21.7. The maximum absolute atomic E-state index is 12.4. The smallest absolute Gasteiger partial charge is 0.325 e. The van der Waals surface area contributed by atoms with Gasteiger partial charge in [-0.3, -0.25) is 19.2 Å². The lowest BCUT2D eigenvalue weighted by molar-refractivity contribution is -0.154. The van der Waals surface area contributed by atoms with Crippen LogP contribution in [0.5, 0.6) is 0 Å². The fourth-order valence-electron chi connectivity index (χ4n) is 4.15. The summed E-state index contributed by atoms with van der Waals surface area (Å²) in [4.78, 5) is 51.8. The maximum Gasteiger partial charge on any atom is 0.325 e. The summed E-state index contributed by atoms with van der Waals surface area (Å²) in [6, 6.07) is 6.94. The molecule has 2 aliphatic rings. The molecule has 3 rings (SSSR count). The summed E-state index contributed by atoms with van der Waals surface area (Å²) in [5, 5.41) is 2.50. The molecular weight excluding hydrogens is 386 g/mol. The minimum Gasteiger partial charge on any atom is -0.454 e. The number of piperidine rings is 1. The van der Waals surface area contributed by atoms with E-state index >= 15 is 0 Å². The standard InChI is InChI=1S/C22H29N3O5/c1-15-5-3-6-16(2)25(15)20(27)14-30-21(28)13-23-22(29)17-8-10-18(11-9-17)24-12-4-7-19(24)26/h8-11,15-16H,3-7,12-14H2,1-2H3,(H,23,29)/t15-,16+. The molecule has 2 aliphatic heterocycles. The first-order valence-corrected chi connectivity index (χ1v) is 10.5. The number of amides is 3. The van der Waals surface area contributed by atoms with Crippen LogP contribution in [-0.4, -0.2) is 60.4 Å². The van der Waals surface area contributed by atoms with Crippen molar-refractivity contribution in [3.63, 3.8) is 0 Å². The van der Waals surface area contributed by atoms with Crippen molar-refractivity contribution in [2.75, 3.05) is 24.6 Å². The number of rotatable bonds is 6. The topological polar surface area (TPSA) is 96.0 Å². The summed E-state index contributed by atoms with van der Waals surface area (Å²) in [7, 11) is 0. The SMILES string of the molecule is C[C@@H]1CCC[C@H](C)N1C(=O)COC(=O)CNC(=O)c1ccc(N2CCCC2=O)cc1. The van der Waals surface area contributed by atoms with Gasteiger partial charge in [-0.25, -0.2) is 0 Å². The van der Waals surface area contributed by atoms with E-state index in [0.29, 0.717) is 18.5 Å². The third kappa shape index (κ3) is 5.17. The van der Waals surface area contributed by atoms with Gasteiger partial charge in [-0.2, -0.15) is 0 Å². The molecule has 1 aromatic carbocycles. The molecule has 8 heteroatoms. The average molecular weight is 415 g/mol. The molecule has 0 saturated carbocycles. The van der Waals surface area contributed by atoms with Crippen LogP contribution in [0, 0.1) is 0 Å². The van der Waals surface area contributed by atoms with Crippen LogP contribution in [-0.2, 0) is 19.1 Å². The van der Waals surface area contributed by atoms with E-state index in [-0.39, 0.29) is 37.0 Å². The van der Waals surface area contributed by atoms with Gasteiger partial charge < -0.3 is 19.9 Å². The zero-order valence-corrected chi connectivity index (χ0v) is 17.6. The molecule has 1 N–H and O–H groups in total. The first-order valence-electron chi connectivity index (χ1n) is 10.5. The van der Waals surface area contributed by atoms with E-state index < -0.39 is 11.9 Å². The Labute approximate surface area is 176 Å². The van der Waals surface area contributed by atoms with Crippen molar-refractivity contribution < 1.29 is 23.9 Å². The number of ether oxygens (including phenoxy) is 1. The number of benzene rings is 1. The molecule has 2 atom stereocenters. The minimum absolute atomic E-state index is 0.0813. The molecular formula is C22H29N3O5. The Morgan fingerprint density at radius 2 is 1.73 bits per heavy atom. The van der Waals surface area contributed by atoms with Gasteiger partial charge in [0.15, 0.2) is 6.61 Å². The normalized spacial score (nSPS) is 21.5. The van der Waals surface area contributed by atoms with Crippen LogP contribution in [0.2, 0.25) is 0 Å². The molecule has 1 aromatic rings. The number of anilines is 1. The lowest BCUT2D eigenvalue weighted by atomic mass is 9.97. The molecule has 162 valence electrons. The Hall–Kier alpha value is -2.90. The summed E-state index contributed by atoms with van der Waals surface area (Å²) >= 11 is 0. The first kappa shape index (κ1) is 21.8. The molecule has 0 spiro atoms. The van der Waals surface area contributed by atoms with Gasteiger partial charge in [0, 0.05) is 36.3 Å². The van der Waals surface area contributed by atoms with E-state index in [9.17, 15) is 19.2 Å². The lowest BCUT2D eigenvalue weighted by Gasteiger charge is -2.38. The number of carbonyl (C=O) groups is 4. The van der Waals surface area contributed by atoms with E-state index in [1.54, 1.807) is 34.1 Å². The fraction of sp³-hybridized carbons (Fsp3) is 0.545. The van der Waals surface area contributed by atoms with Crippen LogP contribution in [0.4, 0.5) is 5.69 Å². The molecule has 0 radical (unpaired) electrons. The summed E-state index contributed by atoms with van der Waals surface area (Å²) in [5.41, 5.74) is 1.14. The number of hydrogen-bond donors (Lipinski definition) is 1. The molecule has 0 aromatic heterocycles. The van der Waals surface area contributed by atoms with Gasteiger partial charge in [-0.15, -0.1) is 0 Å². The molecule has 0 aliphatic carbocycles. The Kier molecular flexibility index (Phi) is 7.07. The summed E-state index contributed by atoms with van der Waals surface area (Å²) in [6.45, 7) is 4.05. The van der Waals surface area contributed by atoms with Crippen molar-refractivity contribution in [3.05, 3.63) is 29.8 Å². The number of likely N-dealkylation sites (tertiary alicyclic amines) is 1. The fourth-order valence-corrected chi connectivity index (χ4v) is 4.15. The number of nitrogens with zero attached hydrogens (tertiary/aromatic N) is 2. The number of nitrogens with one attached hydrogen (secondary N) is 1. The van der Waals surface area contributed by atoms with E-state index in [0.717, 1.165) is 31.4 Å². The monoisotopic (exact) mass is 415 g/mol. The van der Waals surface area contributed by atoms with Crippen molar-refractivity contribution in [1.29, 1.82) is 0 Å². The van der Waals surface area contributed by atoms with E-state index in [1.807, 2.05) is 13.8 Å². The van der Waals surface area contributed by atoms with Crippen LogP contribution in [0.1, 0.15) is 56.3 Å². The number of esters is 1. The van der Waals surface area contributed by atoms with Crippen LogP contribution in [0.3, 0.4) is 0 Å². The second-order valence-electron chi connectivity index (χ2n) is 7.97. The van der Waals surface area contributed by atoms with Gasteiger partial charge in [0.25, 0.3) is 11.8 Å². The highest BCUT2D eigenvalue weighted by atomic mass is 16.5. The van der Waals surface area contributed by atoms with Crippen molar-refractivity contribution in [2.45, 2.75) is 58.0 Å². The molecule has 3 amide bonds. The van der Waals surface area contributed by atoms with Crippen molar-refractivity contribution >= 4 is 29.4 Å². The highest BCUT2D eigenvalue weighted by Gasteiger charge is 2.29. The molecule has 0 unspecified atom stereocenters. The predicted octanol–water partition coefficient (Wildman–Crippen LogP) is 1.88. The quantitative estimate of drug-likeness (QED) is 0.716. The van der Waals surface area contributed by atoms with E-state index in [1.165, 1.54) is 0 Å². The molecule has 30 heavy (non-hydrogen) atoms. The Bertz CT molecular complexity index is 797. The second kappa shape index (κ2) is 9.73. The molecule has 2 fully saturated rings.